The van der Waals surface area contributed by atoms with Gasteiger partial charge in [0.15, 0.2) is 11.6 Å². The number of halogens is 2. The van der Waals surface area contributed by atoms with Gasteiger partial charge in [0, 0.05) is 11.0 Å². The Morgan fingerprint density at radius 3 is 2.65 bits per heavy atom. The maximum Gasteiger partial charge on any atom is 0.319 e. The number of carbonyl (C=O) groups excluding carboxylic acids is 1. The highest BCUT2D eigenvalue weighted by atomic mass is 79.9. The second-order valence-electron chi connectivity index (χ2n) is 4.08. The zero-order chi connectivity index (χ0) is 14.5. The number of hydrogen-bond donors (Lipinski definition) is 3. The van der Waals surface area contributed by atoms with Crippen molar-refractivity contribution in [3.63, 3.8) is 0 Å². The number of anilines is 1. The monoisotopic (exact) mass is 338 g/mol. The van der Waals surface area contributed by atoms with E-state index in [0.717, 1.165) is 11.6 Å². The third-order valence-electron chi connectivity index (χ3n) is 2.57. The quantitative estimate of drug-likeness (QED) is 0.748. The molecule has 0 aliphatic heterocycles. The molecular weight excluding hydrogens is 327 g/mol. The van der Waals surface area contributed by atoms with Crippen molar-refractivity contribution >= 4 is 27.6 Å². The van der Waals surface area contributed by atoms with Crippen LogP contribution in [0.25, 0.3) is 0 Å². The van der Waals surface area contributed by atoms with E-state index in [4.69, 9.17) is 0 Å². The first-order valence-corrected chi connectivity index (χ1v) is 6.62. The molecule has 20 heavy (non-hydrogen) atoms. The van der Waals surface area contributed by atoms with Crippen LogP contribution in [-0.2, 0) is 6.54 Å². The fourth-order valence-electron chi connectivity index (χ4n) is 1.61. The van der Waals surface area contributed by atoms with Gasteiger partial charge >= 0.3 is 6.03 Å². The highest BCUT2D eigenvalue weighted by molar-refractivity contribution is 9.10. The van der Waals surface area contributed by atoms with Gasteiger partial charge in [-0.1, -0.05) is 46.3 Å². The number of carbonyl (C=O) groups is 1. The molecule has 0 radical (unpaired) electrons. The van der Waals surface area contributed by atoms with Crippen molar-refractivity contribution in [2.75, 3.05) is 5.32 Å². The Morgan fingerprint density at radius 1 is 1.25 bits per heavy atom. The van der Waals surface area contributed by atoms with Crippen LogP contribution >= 0.6 is 15.9 Å². The van der Waals surface area contributed by atoms with E-state index in [1.165, 1.54) is 6.07 Å². The van der Waals surface area contributed by atoms with E-state index in [1.54, 1.807) is 0 Å². The molecule has 2 aromatic rings. The zero-order valence-electron chi connectivity index (χ0n) is 10.4. The maximum atomic E-state index is 13.3. The third kappa shape index (κ3) is 3.71. The predicted molar refractivity (Wildman–Crippen MR) is 78.1 cm³/mol. The van der Waals surface area contributed by atoms with Crippen LogP contribution in [0, 0.1) is 5.82 Å². The largest absolute Gasteiger partial charge is 0.503 e. The SMILES string of the molecule is O=C(NCc1ccccc1)Nc1cc(Br)cc(F)c1O. The summed E-state index contributed by atoms with van der Waals surface area (Å²) >= 11 is 3.09. The molecular formula is C14H12BrFN2O2. The minimum atomic E-state index is -0.808. The highest BCUT2D eigenvalue weighted by Crippen LogP contribution is 2.30. The van der Waals surface area contributed by atoms with E-state index in [1.807, 2.05) is 30.3 Å². The summed E-state index contributed by atoms with van der Waals surface area (Å²) in [6.45, 7) is 0.337. The Bertz CT molecular complexity index is 620. The molecule has 0 saturated carbocycles. The summed E-state index contributed by atoms with van der Waals surface area (Å²) in [6.07, 6.45) is 0. The average molecular weight is 339 g/mol. The van der Waals surface area contributed by atoms with Gasteiger partial charge in [-0.15, -0.1) is 0 Å². The van der Waals surface area contributed by atoms with Crippen molar-refractivity contribution in [1.82, 2.24) is 5.32 Å². The summed E-state index contributed by atoms with van der Waals surface area (Å²) in [6, 6.07) is 11.4. The lowest BCUT2D eigenvalue weighted by Crippen LogP contribution is -2.28. The highest BCUT2D eigenvalue weighted by Gasteiger charge is 2.11. The molecule has 2 amide bonds. The van der Waals surface area contributed by atoms with Gasteiger partial charge < -0.3 is 15.7 Å². The first-order chi connectivity index (χ1) is 9.56. The molecule has 0 atom stereocenters. The number of phenolic OH excluding ortho intramolecular Hbond substituents is 1. The van der Waals surface area contributed by atoms with E-state index in [0.29, 0.717) is 11.0 Å². The molecule has 0 saturated heterocycles. The van der Waals surface area contributed by atoms with E-state index in [2.05, 4.69) is 26.6 Å². The standard InChI is InChI=1S/C14H12BrFN2O2/c15-10-6-11(16)13(19)12(7-10)18-14(20)17-8-9-4-2-1-3-5-9/h1-7,19H,8H2,(H2,17,18,20). The Kier molecular flexibility index (Phi) is 4.57. The Hall–Kier alpha value is -2.08. The minimum Gasteiger partial charge on any atom is -0.503 e. The number of benzene rings is 2. The smallest absolute Gasteiger partial charge is 0.319 e. The van der Waals surface area contributed by atoms with E-state index in [-0.39, 0.29) is 5.69 Å². The van der Waals surface area contributed by atoms with Crippen LogP contribution in [0.4, 0.5) is 14.9 Å². The lowest BCUT2D eigenvalue weighted by atomic mass is 10.2. The molecule has 0 aliphatic rings. The van der Waals surface area contributed by atoms with Gasteiger partial charge in [0.2, 0.25) is 0 Å². The zero-order valence-corrected chi connectivity index (χ0v) is 11.9. The van der Waals surface area contributed by atoms with Gasteiger partial charge in [-0.05, 0) is 17.7 Å². The lowest BCUT2D eigenvalue weighted by Gasteiger charge is -2.10. The molecule has 6 heteroatoms. The second-order valence-corrected chi connectivity index (χ2v) is 4.99. The summed E-state index contributed by atoms with van der Waals surface area (Å²) in [5.74, 6) is -1.40. The molecule has 0 unspecified atom stereocenters. The first-order valence-electron chi connectivity index (χ1n) is 5.83. The summed E-state index contributed by atoms with van der Waals surface area (Å²) in [5.41, 5.74) is 0.940. The molecule has 104 valence electrons. The molecule has 0 fully saturated rings. The van der Waals surface area contributed by atoms with Gasteiger partial charge in [0.1, 0.15) is 0 Å². The number of urea groups is 1. The van der Waals surface area contributed by atoms with Gasteiger partial charge in [-0.25, -0.2) is 9.18 Å². The van der Waals surface area contributed by atoms with Crippen molar-refractivity contribution in [3.05, 3.63) is 58.3 Å². The van der Waals surface area contributed by atoms with Crippen molar-refractivity contribution < 1.29 is 14.3 Å². The number of hydrogen-bond acceptors (Lipinski definition) is 2. The molecule has 2 aromatic carbocycles. The Morgan fingerprint density at radius 2 is 1.95 bits per heavy atom. The maximum absolute atomic E-state index is 13.3. The molecule has 4 nitrogen and oxygen atoms in total. The Balaban J connectivity index is 1.98. The van der Waals surface area contributed by atoms with Crippen molar-refractivity contribution in [2.45, 2.75) is 6.54 Å². The van der Waals surface area contributed by atoms with Gasteiger partial charge in [0.05, 0.1) is 5.69 Å². The fourth-order valence-corrected chi connectivity index (χ4v) is 2.04. The molecule has 3 N–H and O–H groups in total. The topological polar surface area (TPSA) is 61.4 Å². The van der Waals surface area contributed by atoms with Crippen LogP contribution in [0.2, 0.25) is 0 Å². The molecule has 0 heterocycles. The van der Waals surface area contributed by atoms with Crippen LogP contribution in [0.5, 0.6) is 5.75 Å². The molecule has 0 aliphatic carbocycles. The summed E-state index contributed by atoms with van der Waals surface area (Å²) < 4.78 is 13.7. The molecule has 0 aromatic heterocycles. The summed E-state index contributed by atoms with van der Waals surface area (Å²) in [4.78, 5) is 11.7. The number of phenols is 1. The molecule has 0 bridgehead atoms. The van der Waals surface area contributed by atoms with Gasteiger partial charge in [-0.2, -0.15) is 0 Å². The van der Waals surface area contributed by atoms with Crippen molar-refractivity contribution in [3.8, 4) is 5.75 Å². The van der Waals surface area contributed by atoms with E-state index < -0.39 is 17.6 Å². The fraction of sp³-hybridized carbons (Fsp3) is 0.0714. The van der Waals surface area contributed by atoms with Crippen LogP contribution in [0.3, 0.4) is 0 Å². The van der Waals surface area contributed by atoms with Crippen LogP contribution in [0.15, 0.2) is 46.9 Å². The number of aromatic hydroxyl groups is 1. The average Bonchev–Trinajstić information content (AvgIpc) is 2.43. The molecule has 2 rings (SSSR count). The number of nitrogens with one attached hydrogen (secondary N) is 2. The lowest BCUT2D eigenvalue weighted by molar-refractivity contribution is 0.251. The van der Waals surface area contributed by atoms with E-state index in [9.17, 15) is 14.3 Å². The van der Waals surface area contributed by atoms with Crippen LogP contribution in [-0.4, -0.2) is 11.1 Å². The first kappa shape index (κ1) is 14.3. The second kappa shape index (κ2) is 6.38. The number of rotatable bonds is 3. The van der Waals surface area contributed by atoms with Gasteiger partial charge in [-0.3, -0.25) is 0 Å². The van der Waals surface area contributed by atoms with Crippen LogP contribution in [0.1, 0.15) is 5.56 Å². The van der Waals surface area contributed by atoms with Crippen molar-refractivity contribution in [1.29, 1.82) is 0 Å². The van der Waals surface area contributed by atoms with Crippen LogP contribution < -0.4 is 10.6 Å². The number of amides is 2. The molecule has 0 spiro atoms. The van der Waals surface area contributed by atoms with E-state index >= 15 is 0 Å². The Labute approximate surface area is 123 Å². The normalized spacial score (nSPS) is 10.1. The predicted octanol–water partition coefficient (Wildman–Crippen LogP) is 3.62. The summed E-state index contributed by atoms with van der Waals surface area (Å²) in [5, 5.41) is 14.5. The van der Waals surface area contributed by atoms with Gasteiger partial charge in [0.25, 0.3) is 0 Å². The minimum absolute atomic E-state index is 0.00226. The van der Waals surface area contributed by atoms with Crippen molar-refractivity contribution in [2.24, 2.45) is 0 Å². The summed E-state index contributed by atoms with van der Waals surface area (Å²) in [7, 11) is 0. The third-order valence-corrected chi connectivity index (χ3v) is 3.03.